The predicted octanol–water partition coefficient (Wildman–Crippen LogP) is 5.04. The quantitative estimate of drug-likeness (QED) is 0.452. The third-order valence-electron chi connectivity index (χ3n) is 6.96. The highest BCUT2D eigenvalue weighted by molar-refractivity contribution is 8.08. The van der Waals surface area contributed by atoms with Crippen LogP contribution in [0.15, 0.2) is 65.7 Å². The highest BCUT2D eigenvalue weighted by Crippen LogP contribution is 2.46. The van der Waals surface area contributed by atoms with Crippen molar-refractivity contribution >= 4 is 22.6 Å². The lowest BCUT2D eigenvalue weighted by atomic mass is 9.74. The summed E-state index contributed by atoms with van der Waals surface area (Å²) in [5, 5.41) is 4.11. The van der Waals surface area contributed by atoms with Gasteiger partial charge < -0.3 is 19.9 Å². The highest BCUT2D eigenvalue weighted by atomic mass is 32.2. The number of ether oxygens (including phenoxy) is 1. The Labute approximate surface area is 215 Å². The summed E-state index contributed by atoms with van der Waals surface area (Å²) in [6, 6.07) is 13.6. The van der Waals surface area contributed by atoms with Crippen LogP contribution >= 0.6 is 11.8 Å². The molecule has 0 bridgehead atoms. The van der Waals surface area contributed by atoms with Crippen molar-refractivity contribution in [3.63, 3.8) is 0 Å². The molecular formula is C28H30N4O3S. The number of thioether (sulfide) groups is 1. The molecule has 0 atom stereocenters. The summed E-state index contributed by atoms with van der Waals surface area (Å²) in [4.78, 5) is 20.6. The first-order valence-corrected chi connectivity index (χ1v) is 13.2. The van der Waals surface area contributed by atoms with Crippen LogP contribution in [0, 0.1) is 0 Å². The molecule has 186 valence electrons. The van der Waals surface area contributed by atoms with Gasteiger partial charge >= 0.3 is 0 Å². The number of rotatable bonds is 7. The first-order chi connectivity index (χ1) is 17.6. The van der Waals surface area contributed by atoms with E-state index in [1.165, 1.54) is 5.56 Å². The molecular weight excluding hydrogens is 472 g/mol. The van der Waals surface area contributed by atoms with E-state index in [4.69, 9.17) is 15.0 Å². The van der Waals surface area contributed by atoms with E-state index in [9.17, 15) is 4.79 Å². The zero-order chi connectivity index (χ0) is 25.1. The van der Waals surface area contributed by atoms with E-state index in [1.807, 2.05) is 47.4 Å². The lowest BCUT2D eigenvalue weighted by Crippen LogP contribution is -2.46. The molecule has 0 radical (unpaired) electrons. The first kappa shape index (κ1) is 24.3. The Bertz CT molecular complexity index is 1290. The zero-order valence-corrected chi connectivity index (χ0v) is 21.2. The van der Waals surface area contributed by atoms with Crippen LogP contribution in [-0.2, 0) is 12.0 Å². The predicted molar refractivity (Wildman–Crippen MR) is 143 cm³/mol. The maximum Gasteiger partial charge on any atom is 0.258 e. The minimum Gasteiger partial charge on any atom is -0.492 e. The number of likely N-dealkylation sites (tertiary alicyclic amines) is 1. The summed E-state index contributed by atoms with van der Waals surface area (Å²) < 4.78 is 11.5. The SMILES string of the molecule is C=C/C=C(\SCC)c1noc(-c2ccc(C(=O)N3CCC4(CC3)COc3ccc(CN)cc34)cc2)n1. The topological polar surface area (TPSA) is 94.5 Å². The first-order valence-electron chi connectivity index (χ1n) is 12.2. The zero-order valence-electron chi connectivity index (χ0n) is 20.4. The second-order valence-electron chi connectivity index (χ2n) is 9.10. The Balaban J connectivity index is 1.26. The lowest BCUT2D eigenvalue weighted by molar-refractivity contribution is 0.0646. The molecule has 5 rings (SSSR count). The van der Waals surface area contributed by atoms with Crippen molar-refractivity contribution in [3.8, 4) is 17.2 Å². The number of aromatic nitrogens is 2. The standard InChI is InChI=1S/C28H30N4O3S/c1-3-5-24(36-4-2)25-30-26(35-31-25)20-7-9-21(10-8-20)27(33)32-14-12-28(13-15-32)18-34-23-11-6-19(17-29)16-22(23)28/h3,5-11,16H,1,4,12-15,17-18,29H2,2H3/b24-5-. The van der Waals surface area contributed by atoms with Crippen molar-refractivity contribution in [1.29, 1.82) is 0 Å². The number of hydrogen-bond donors (Lipinski definition) is 1. The monoisotopic (exact) mass is 502 g/mol. The Morgan fingerprint density at radius 1 is 1.22 bits per heavy atom. The van der Waals surface area contributed by atoms with Gasteiger partial charge in [0.25, 0.3) is 11.8 Å². The fourth-order valence-corrected chi connectivity index (χ4v) is 5.63. The van der Waals surface area contributed by atoms with Gasteiger partial charge in [0.05, 0.1) is 11.5 Å². The molecule has 1 saturated heterocycles. The van der Waals surface area contributed by atoms with Gasteiger partial charge in [0.15, 0.2) is 0 Å². The molecule has 8 heteroatoms. The molecule has 0 saturated carbocycles. The molecule has 2 N–H and O–H groups in total. The molecule has 1 spiro atoms. The van der Waals surface area contributed by atoms with Crippen LogP contribution < -0.4 is 10.5 Å². The number of allylic oxidation sites excluding steroid dienone is 2. The number of fused-ring (bicyclic) bond motifs is 2. The third-order valence-corrected chi connectivity index (χ3v) is 7.88. The Morgan fingerprint density at radius 3 is 2.69 bits per heavy atom. The Kier molecular flexibility index (Phi) is 6.98. The fourth-order valence-electron chi connectivity index (χ4n) is 4.92. The summed E-state index contributed by atoms with van der Waals surface area (Å²) in [6.45, 7) is 8.38. The third kappa shape index (κ3) is 4.58. The van der Waals surface area contributed by atoms with E-state index >= 15 is 0 Å². The second kappa shape index (κ2) is 10.3. The average Bonchev–Trinajstić information content (AvgIpc) is 3.54. The van der Waals surface area contributed by atoms with Crippen LogP contribution in [0.2, 0.25) is 0 Å². The van der Waals surface area contributed by atoms with Gasteiger partial charge in [-0.1, -0.05) is 36.9 Å². The Hall–Kier alpha value is -3.36. The van der Waals surface area contributed by atoms with Crippen molar-refractivity contribution in [3.05, 3.63) is 83.7 Å². The van der Waals surface area contributed by atoms with E-state index in [1.54, 1.807) is 17.8 Å². The van der Waals surface area contributed by atoms with E-state index in [2.05, 4.69) is 29.7 Å². The van der Waals surface area contributed by atoms with Gasteiger partial charge in [-0.15, -0.1) is 11.8 Å². The smallest absolute Gasteiger partial charge is 0.258 e. The number of nitrogens with two attached hydrogens (primary N) is 1. The minimum absolute atomic E-state index is 0.0352. The summed E-state index contributed by atoms with van der Waals surface area (Å²) >= 11 is 1.63. The van der Waals surface area contributed by atoms with Crippen LogP contribution in [0.4, 0.5) is 0 Å². The number of amides is 1. The Morgan fingerprint density at radius 2 is 2.00 bits per heavy atom. The molecule has 3 heterocycles. The minimum atomic E-state index is -0.0359. The van der Waals surface area contributed by atoms with Gasteiger partial charge in [-0.3, -0.25) is 4.79 Å². The molecule has 1 fully saturated rings. The normalized spacial score (nSPS) is 16.6. The van der Waals surface area contributed by atoms with Crippen molar-refractivity contribution in [1.82, 2.24) is 15.0 Å². The second-order valence-corrected chi connectivity index (χ2v) is 10.4. The van der Waals surface area contributed by atoms with Gasteiger partial charge in [0, 0.05) is 41.7 Å². The number of hydrogen-bond acceptors (Lipinski definition) is 7. The van der Waals surface area contributed by atoms with Gasteiger partial charge in [0.2, 0.25) is 5.82 Å². The summed E-state index contributed by atoms with van der Waals surface area (Å²) in [7, 11) is 0. The number of carbonyl (C=O) groups excluding carboxylic acids is 1. The van der Waals surface area contributed by atoms with E-state index in [0.29, 0.717) is 43.5 Å². The molecule has 2 aliphatic rings. The van der Waals surface area contributed by atoms with Gasteiger partial charge in [-0.05, 0) is 60.6 Å². The van der Waals surface area contributed by atoms with Crippen LogP contribution in [0.3, 0.4) is 0 Å². The fraction of sp³-hybridized carbons (Fsp3) is 0.321. The van der Waals surface area contributed by atoms with E-state index < -0.39 is 0 Å². The van der Waals surface area contributed by atoms with Crippen molar-refractivity contribution in [2.75, 3.05) is 25.4 Å². The summed E-state index contributed by atoms with van der Waals surface area (Å²) in [5.74, 6) is 2.84. The number of piperidine rings is 1. The van der Waals surface area contributed by atoms with Crippen molar-refractivity contribution in [2.24, 2.45) is 5.73 Å². The molecule has 1 amide bonds. The molecule has 0 unspecified atom stereocenters. The molecule has 1 aromatic heterocycles. The van der Waals surface area contributed by atoms with E-state index in [0.717, 1.165) is 40.4 Å². The molecule has 0 aliphatic carbocycles. The van der Waals surface area contributed by atoms with Gasteiger partial charge in [-0.2, -0.15) is 4.98 Å². The highest BCUT2D eigenvalue weighted by Gasteiger charge is 2.44. The van der Waals surface area contributed by atoms with Gasteiger partial charge in [0.1, 0.15) is 5.75 Å². The van der Waals surface area contributed by atoms with Crippen LogP contribution in [0.5, 0.6) is 5.75 Å². The van der Waals surface area contributed by atoms with Gasteiger partial charge in [-0.25, -0.2) is 0 Å². The van der Waals surface area contributed by atoms with Crippen LogP contribution in [0.1, 0.15) is 47.1 Å². The molecule has 3 aromatic rings. The number of benzene rings is 2. The molecule has 2 aromatic carbocycles. The average molecular weight is 503 g/mol. The molecule has 7 nitrogen and oxygen atoms in total. The number of carbonyl (C=O) groups is 1. The van der Waals surface area contributed by atoms with Crippen LogP contribution in [-0.4, -0.2) is 46.4 Å². The largest absolute Gasteiger partial charge is 0.492 e. The lowest BCUT2D eigenvalue weighted by Gasteiger charge is -2.38. The van der Waals surface area contributed by atoms with Crippen molar-refractivity contribution < 1.29 is 14.1 Å². The summed E-state index contributed by atoms with van der Waals surface area (Å²) in [5.41, 5.74) is 9.60. The van der Waals surface area contributed by atoms with Crippen LogP contribution in [0.25, 0.3) is 16.4 Å². The number of nitrogens with zero attached hydrogens (tertiary/aromatic N) is 3. The van der Waals surface area contributed by atoms with E-state index in [-0.39, 0.29) is 11.3 Å². The maximum absolute atomic E-state index is 13.2. The summed E-state index contributed by atoms with van der Waals surface area (Å²) in [6.07, 6.45) is 5.34. The van der Waals surface area contributed by atoms with Crippen molar-refractivity contribution in [2.45, 2.75) is 31.7 Å². The molecule has 36 heavy (non-hydrogen) atoms. The maximum atomic E-state index is 13.2. The molecule has 2 aliphatic heterocycles.